The first kappa shape index (κ1) is 16.7. The fourth-order valence-electron chi connectivity index (χ4n) is 3.79. The van der Waals surface area contributed by atoms with Crippen LogP contribution in [0.3, 0.4) is 0 Å². The van der Waals surface area contributed by atoms with Gasteiger partial charge in [0.2, 0.25) is 0 Å². The van der Waals surface area contributed by atoms with Gasteiger partial charge >= 0.3 is 6.09 Å². The molecule has 0 fully saturated rings. The Labute approximate surface area is 152 Å². The van der Waals surface area contributed by atoms with Gasteiger partial charge in [-0.1, -0.05) is 42.5 Å². The molecule has 0 aromatic heterocycles. The minimum atomic E-state index is -0.721. The van der Waals surface area contributed by atoms with Gasteiger partial charge in [0.25, 0.3) is 0 Å². The molecular formula is C21H21NO4. The fourth-order valence-corrected chi connectivity index (χ4v) is 3.79. The SMILES string of the molecule is COc1cccc2c1C1=C[C@@H](O)CN(C(=O)OCc3ccccc3)[C@H]1C2. The lowest BCUT2D eigenvalue weighted by Crippen LogP contribution is -2.47. The van der Waals surface area contributed by atoms with Crippen LogP contribution in [0.25, 0.3) is 5.57 Å². The molecular weight excluding hydrogens is 330 g/mol. The highest BCUT2D eigenvalue weighted by Gasteiger charge is 2.40. The van der Waals surface area contributed by atoms with E-state index in [-0.39, 0.29) is 19.2 Å². The first-order valence-corrected chi connectivity index (χ1v) is 8.70. The third kappa shape index (κ3) is 2.95. The number of methoxy groups -OCH3 is 1. The summed E-state index contributed by atoms with van der Waals surface area (Å²) in [6.07, 6.45) is 1.41. The van der Waals surface area contributed by atoms with Gasteiger partial charge in [-0.15, -0.1) is 0 Å². The molecule has 1 heterocycles. The molecule has 2 aromatic rings. The number of aliphatic hydroxyl groups is 1. The minimum absolute atomic E-state index is 0.132. The van der Waals surface area contributed by atoms with Crippen molar-refractivity contribution in [1.82, 2.24) is 4.90 Å². The topological polar surface area (TPSA) is 59.0 Å². The Kier molecular flexibility index (Phi) is 4.39. The molecule has 0 saturated carbocycles. The van der Waals surface area contributed by atoms with E-state index in [1.165, 1.54) is 0 Å². The van der Waals surface area contributed by atoms with Crippen molar-refractivity contribution in [3.8, 4) is 5.75 Å². The molecule has 1 aliphatic carbocycles. The van der Waals surface area contributed by atoms with Crippen molar-refractivity contribution in [3.05, 3.63) is 71.3 Å². The first-order chi connectivity index (χ1) is 12.7. The molecule has 26 heavy (non-hydrogen) atoms. The lowest BCUT2D eigenvalue weighted by atomic mass is 9.98. The molecule has 5 nitrogen and oxygen atoms in total. The molecule has 5 heteroatoms. The lowest BCUT2D eigenvalue weighted by molar-refractivity contribution is 0.0668. The Bertz CT molecular complexity index is 846. The van der Waals surface area contributed by atoms with Crippen molar-refractivity contribution in [3.63, 3.8) is 0 Å². The fraction of sp³-hybridized carbons (Fsp3) is 0.286. The standard InChI is InChI=1S/C21H21NO4/c1-25-19-9-5-8-15-10-18-17(20(15)19)11-16(23)12-22(18)21(24)26-13-14-6-3-2-4-7-14/h2-9,11,16,18,23H,10,12-13H2,1H3/t16-,18+/m1/s1. The van der Waals surface area contributed by atoms with E-state index in [1.807, 2.05) is 54.6 Å². The van der Waals surface area contributed by atoms with Gasteiger partial charge in [0.15, 0.2) is 0 Å². The Morgan fingerprint density at radius 3 is 2.77 bits per heavy atom. The summed E-state index contributed by atoms with van der Waals surface area (Å²) >= 11 is 0. The molecule has 1 aliphatic heterocycles. The summed E-state index contributed by atoms with van der Waals surface area (Å²) in [5, 5.41) is 10.3. The number of aliphatic hydroxyl groups excluding tert-OH is 1. The van der Waals surface area contributed by atoms with Crippen LogP contribution < -0.4 is 4.74 Å². The zero-order chi connectivity index (χ0) is 18.1. The molecule has 0 unspecified atom stereocenters. The molecule has 4 rings (SSSR count). The van der Waals surface area contributed by atoms with Crippen molar-refractivity contribution in [2.24, 2.45) is 0 Å². The number of hydrogen-bond donors (Lipinski definition) is 1. The van der Waals surface area contributed by atoms with E-state index >= 15 is 0 Å². The minimum Gasteiger partial charge on any atom is -0.496 e. The second-order valence-electron chi connectivity index (χ2n) is 6.60. The summed E-state index contributed by atoms with van der Waals surface area (Å²) in [6, 6.07) is 15.3. The predicted molar refractivity (Wildman–Crippen MR) is 97.8 cm³/mol. The van der Waals surface area contributed by atoms with Gasteiger partial charge in [-0.25, -0.2) is 4.79 Å². The Morgan fingerprint density at radius 1 is 1.19 bits per heavy atom. The number of ether oxygens (including phenoxy) is 2. The largest absolute Gasteiger partial charge is 0.496 e. The highest BCUT2D eigenvalue weighted by atomic mass is 16.6. The van der Waals surface area contributed by atoms with Gasteiger partial charge in [0, 0.05) is 5.56 Å². The predicted octanol–water partition coefficient (Wildman–Crippen LogP) is 3.02. The number of β-amino-alcohol motifs (C(OH)–C–C–N with tert-alkyl or cyclic N) is 1. The Balaban J connectivity index is 1.56. The third-order valence-electron chi connectivity index (χ3n) is 4.96. The van der Waals surface area contributed by atoms with Crippen LogP contribution in [0.4, 0.5) is 4.79 Å². The zero-order valence-corrected chi connectivity index (χ0v) is 14.6. The molecule has 1 N–H and O–H groups in total. The quantitative estimate of drug-likeness (QED) is 0.923. The monoisotopic (exact) mass is 351 g/mol. The molecule has 0 bridgehead atoms. The second kappa shape index (κ2) is 6.84. The van der Waals surface area contributed by atoms with Crippen LogP contribution in [0.15, 0.2) is 54.6 Å². The summed E-state index contributed by atoms with van der Waals surface area (Å²) in [5.74, 6) is 0.767. The zero-order valence-electron chi connectivity index (χ0n) is 14.6. The summed E-state index contributed by atoms with van der Waals surface area (Å²) in [7, 11) is 1.63. The lowest BCUT2D eigenvalue weighted by Gasteiger charge is -2.34. The summed E-state index contributed by atoms with van der Waals surface area (Å²) in [4.78, 5) is 14.3. The van der Waals surface area contributed by atoms with Crippen LogP contribution in [-0.2, 0) is 17.8 Å². The Hall–Kier alpha value is -2.79. The maximum absolute atomic E-state index is 12.7. The normalized spacial score (nSPS) is 20.8. The van der Waals surface area contributed by atoms with Crippen molar-refractivity contribution in [2.45, 2.75) is 25.2 Å². The van der Waals surface area contributed by atoms with Gasteiger partial charge in [-0.2, -0.15) is 0 Å². The van der Waals surface area contributed by atoms with Crippen LogP contribution >= 0.6 is 0 Å². The van der Waals surface area contributed by atoms with Crippen LogP contribution in [0.5, 0.6) is 5.75 Å². The van der Waals surface area contributed by atoms with E-state index in [9.17, 15) is 9.90 Å². The van der Waals surface area contributed by atoms with Gasteiger partial charge in [-0.05, 0) is 35.3 Å². The number of fused-ring (bicyclic) bond motifs is 3. The van der Waals surface area contributed by atoms with Crippen LogP contribution in [-0.4, -0.2) is 41.9 Å². The van der Waals surface area contributed by atoms with Crippen molar-refractivity contribution < 1.29 is 19.4 Å². The number of hydrogen-bond acceptors (Lipinski definition) is 4. The van der Waals surface area contributed by atoms with E-state index < -0.39 is 12.2 Å². The van der Waals surface area contributed by atoms with E-state index in [4.69, 9.17) is 9.47 Å². The van der Waals surface area contributed by atoms with E-state index in [2.05, 4.69) is 0 Å². The van der Waals surface area contributed by atoms with Gasteiger partial charge < -0.3 is 14.6 Å². The maximum Gasteiger partial charge on any atom is 0.410 e. The molecule has 2 aromatic carbocycles. The van der Waals surface area contributed by atoms with E-state index in [0.29, 0.717) is 6.42 Å². The number of rotatable bonds is 3. The van der Waals surface area contributed by atoms with Gasteiger partial charge in [0.1, 0.15) is 12.4 Å². The molecule has 2 aliphatic rings. The van der Waals surface area contributed by atoms with Gasteiger partial charge in [0.05, 0.1) is 25.8 Å². The molecule has 1 amide bonds. The van der Waals surface area contributed by atoms with Gasteiger partial charge in [-0.3, -0.25) is 4.90 Å². The highest BCUT2D eigenvalue weighted by molar-refractivity contribution is 5.85. The van der Waals surface area contributed by atoms with Crippen LogP contribution in [0, 0.1) is 0 Å². The maximum atomic E-state index is 12.7. The smallest absolute Gasteiger partial charge is 0.410 e. The average molecular weight is 351 g/mol. The average Bonchev–Trinajstić information content (AvgIpc) is 3.04. The molecule has 0 radical (unpaired) electrons. The molecule has 0 spiro atoms. The highest BCUT2D eigenvalue weighted by Crippen LogP contribution is 2.43. The van der Waals surface area contributed by atoms with Crippen molar-refractivity contribution in [2.75, 3.05) is 13.7 Å². The number of carbonyl (C=O) groups is 1. The molecule has 134 valence electrons. The first-order valence-electron chi connectivity index (χ1n) is 8.70. The van der Waals surface area contributed by atoms with Crippen LogP contribution in [0.1, 0.15) is 16.7 Å². The second-order valence-corrected chi connectivity index (χ2v) is 6.60. The molecule has 2 atom stereocenters. The summed E-state index contributed by atoms with van der Waals surface area (Å²) < 4.78 is 11.0. The van der Waals surface area contributed by atoms with E-state index in [1.54, 1.807) is 12.0 Å². The van der Waals surface area contributed by atoms with Crippen molar-refractivity contribution in [1.29, 1.82) is 0 Å². The number of nitrogens with zero attached hydrogens (tertiary/aromatic N) is 1. The third-order valence-corrected chi connectivity index (χ3v) is 4.96. The van der Waals surface area contributed by atoms with E-state index in [0.717, 1.165) is 28.0 Å². The number of benzene rings is 2. The van der Waals surface area contributed by atoms with Crippen LogP contribution in [0.2, 0.25) is 0 Å². The number of amides is 1. The summed E-state index contributed by atoms with van der Waals surface area (Å²) in [6.45, 7) is 0.451. The van der Waals surface area contributed by atoms with Crippen molar-refractivity contribution >= 4 is 11.7 Å². The Morgan fingerprint density at radius 2 is 2.00 bits per heavy atom. The number of carbonyl (C=O) groups excluding carboxylic acids is 1. The molecule has 0 saturated heterocycles. The summed E-state index contributed by atoms with van der Waals surface area (Å²) in [5.41, 5.74) is 3.98.